The van der Waals surface area contributed by atoms with Crippen LogP contribution in [0.4, 0.5) is 0 Å². The molecular formula is C36H41NO5. The van der Waals surface area contributed by atoms with Gasteiger partial charge in [-0.25, -0.2) is 0 Å². The van der Waals surface area contributed by atoms with Crippen LogP contribution in [0.25, 0.3) is 0 Å². The van der Waals surface area contributed by atoms with Crippen molar-refractivity contribution in [3.05, 3.63) is 131 Å². The average Bonchev–Trinajstić information content (AvgIpc) is 3.02. The predicted molar refractivity (Wildman–Crippen MR) is 166 cm³/mol. The topological polar surface area (TPSA) is 77.0 Å². The summed E-state index contributed by atoms with van der Waals surface area (Å²) in [5.74, 6) is 1.02. The van der Waals surface area contributed by atoms with E-state index in [1.54, 1.807) is 0 Å². The summed E-state index contributed by atoms with van der Waals surface area (Å²) in [5, 5.41) is 14.9. The molecule has 0 saturated heterocycles. The van der Waals surface area contributed by atoms with Gasteiger partial charge in [0.25, 0.3) is 0 Å². The number of nitrogens with one attached hydrogen (secondary N) is 1. The van der Waals surface area contributed by atoms with E-state index < -0.39 is 6.10 Å². The normalized spacial score (nSPS) is 13.1. The number of ether oxygens (including phenoxy) is 3. The van der Waals surface area contributed by atoms with Crippen LogP contribution in [0.5, 0.6) is 11.5 Å². The van der Waals surface area contributed by atoms with E-state index in [9.17, 15) is 9.90 Å². The molecule has 0 heterocycles. The van der Waals surface area contributed by atoms with Crippen LogP contribution in [0.15, 0.2) is 103 Å². The Morgan fingerprint density at radius 2 is 1.33 bits per heavy atom. The Hall–Kier alpha value is -4.13. The van der Waals surface area contributed by atoms with Crippen LogP contribution in [0, 0.1) is 0 Å². The molecule has 220 valence electrons. The van der Waals surface area contributed by atoms with Crippen molar-refractivity contribution in [1.29, 1.82) is 0 Å². The van der Waals surface area contributed by atoms with Crippen molar-refractivity contribution in [2.45, 2.75) is 58.0 Å². The third-order valence-corrected chi connectivity index (χ3v) is 7.45. The highest BCUT2D eigenvalue weighted by molar-refractivity contribution is 5.72. The zero-order valence-corrected chi connectivity index (χ0v) is 24.7. The van der Waals surface area contributed by atoms with Gasteiger partial charge >= 0.3 is 5.97 Å². The molecule has 0 aromatic heterocycles. The first-order valence-electron chi connectivity index (χ1n) is 14.4. The van der Waals surface area contributed by atoms with Gasteiger partial charge in [-0.1, -0.05) is 91.9 Å². The van der Waals surface area contributed by atoms with Gasteiger partial charge in [-0.15, -0.1) is 0 Å². The first-order chi connectivity index (χ1) is 20.4. The fourth-order valence-corrected chi connectivity index (χ4v) is 4.75. The maximum absolute atomic E-state index is 11.7. The Morgan fingerprint density at radius 3 is 1.88 bits per heavy atom. The van der Waals surface area contributed by atoms with Gasteiger partial charge in [0.2, 0.25) is 0 Å². The fraction of sp³-hybridized carbons (Fsp3) is 0.306. The number of benzene rings is 4. The second kappa shape index (κ2) is 15.2. The molecule has 0 fully saturated rings. The number of aliphatic hydroxyl groups is 1. The van der Waals surface area contributed by atoms with Gasteiger partial charge in [-0.3, -0.25) is 4.79 Å². The molecule has 0 amide bonds. The molecule has 42 heavy (non-hydrogen) atoms. The lowest BCUT2D eigenvalue weighted by atomic mass is 9.89. The smallest absolute Gasteiger partial charge is 0.309 e. The monoisotopic (exact) mass is 567 g/mol. The summed E-state index contributed by atoms with van der Waals surface area (Å²) < 4.78 is 17.1. The van der Waals surface area contributed by atoms with E-state index in [-0.39, 0.29) is 17.9 Å². The van der Waals surface area contributed by atoms with Gasteiger partial charge in [0.1, 0.15) is 24.7 Å². The van der Waals surface area contributed by atoms with E-state index in [4.69, 9.17) is 14.2 Å². The number of carbonyl (C=O) groups excluding carboxylic acids is 1. The summed E-state index contributed by atoms with van der Waals surface area (Å²) in [6, 6.07) is 33.6. The molecule has 2 unspecified atom stereocenters. The Kier molecular flexibility index (Phi) is 11.2. The number of methoxy groups -OCH3 is 1. The highest BCUT2D eigenvalue weighted by Crippen LogP contribution is 2.29. The third kappa shape index (κ3) is 9.47. The van der Waals surface area contributed by atoms with Crippen LogP contribution in [0.2, 0.25) is 0 Å². The zero-order valence-electron chi connectivity index (χ0n) is 24.7. The molecule has 4 aromatic carbocycles. The maximum Gasteiger partial charge on any atom is 0.309 e. The van der Waals surface area contributed by atoms with Crippen molar-refractivity contribution in [1.82, 2.24) is 5.32 Å². The standard InChI is InChI=1S/C36H41NO5/c1-4-36(2,23-30-17-11-16-29(18-30)19-35(39)40-3)37-24-34(38)31-20-32(41-25-27-12-7-5-8-13-27)22-33(21-31)42-26-28-14-9-6-10-15-28/h5-18,20-22,34,37-38H,4,19,23-26H2,1-3H3. The lowest BCUT2D eigenvalue weighted by Crippen LogP contribution is -2.45. The Morgan fingerprint density at radius 1 is 0.786 bits per heavy atom. The van der Waals surface area contributed by atoms with Crippen molar-refractivity contribution >= 4 is 5.97 Å². The van der Waals surface area contributed by atoms with E-state index in [1.807, 2.05) is 97.1 Å². The van der Waals surface area contributed by atoms with E-state index in [0.29, 0.717) is 31.3 Å². The molecule has 0 saturated carbocycles. The Bertz CT molecular complexity index is 1350. The Balaban J connectivity index is 1.46. The van der Waals surface area contributed by atoms with Crippen LogP contribution >= 0.6 is 0 Å². The summed E-state index contributed by atoms with van der Waals surface area (Å²) in [4.78, 5) is 11.7. The first kappa shape index (κ1) is 30.8. The molecular weight excluding hydrogens is 526 g/mol. The number of aliphatic hydroxyl groups excluding tert-OH is 1. The van der Waals surface area contributed by atoms with Crippen molar-refractivity contribution < 1.29 is 24.1 Å². The summed E-state index contributed by atoms with van der Waals surface area (Å²) in [5.41, 5.74) is 4.62. The van der Waals surface area contributed by atoms with Crippen LogP contribution in [-0.2, 0) is 35.6 Å². The minimum Gasteiger partial charge on any atom is -0.489 e. The van der Waals surface area contributed by atoms with E-state index in [0.717, 1.165) is 40.7 Å². The van der Waals surface area contributed by atoms with Crippen molar-refractivity contribution in [3.63, 3.8) is 0 Å². The molecule has 6 heteroatoms. The van der Waals surface area contributed by atoms with Gasteiger partial charge in [0.15, 0.2) is 0 Å². The molecule has 0 aliphatic carbocycles. The second-order valence-corrected chi connectivity index (χ2v) is 10.8. The van der Waals surface area contributed by atoms with E-state index in [1.165, 1.54) is 7.11 Å². The highest BCUT2D eigenvalue weighted by atomic mass is 16.5. The Labute approximate surface area is 249 Å². The van der Waals surface area contributed by atoms with Crippen LogP contribution in [-0.4, -0.2) is 30.3 Å². The largest absolute Gasteiger partial charge is 0.489 e. The number of carbonyl (C=O) groups is 1. The molecule has 4 aromatic rings. The number of hydrogen-bond acceptors (Lipinski definition) is 6. The third-order valence-electron chi connectivity index (χ3n) is 7.45. The predicted octanol–water partition coefficient (Wildman–Crippen LogP) is 6.59. The van der Waals surface area contributed by atoms with E-state index in [2.05, 4.69) is 25.2 Å². The first-order valence-corrected chi connectivity index (χ1v) is 14.4. The van der Waals surface area contributed by atoms with Gasteiger partial charge in [-0.05, 0) is 59.7 Å². The minimum atomic E-state index is -0.777. The van der Waals surface area contributed by atoms with E-state index >= 15 is 0 Å². The summed E-state index contributed by atoms with van der Waals surface area (Å²) in [7, 11) is 1.40. The summed E-state index contributed by atoms with van der Waals surface area (Å²) >= 11 is 0. The molecule has 4 rings (SSSR count). The SMILES string of the molecule is CCC(C)(Cc1cccc(CC(=O)OC)c1)NCC(O)c1cc(OCc2ccccc2)cc(OCc2ccccc2)c1. The molecule has 0 bridgehead atoms. The number of hydrogen-bond donors (Lipinski definition) is 2. The number of rotatable bonds is 15. The van der Waals surface area contributed by atoms with Crippen molar-refractivity contribution in [2.75, 3.05) is 13.7 Å². The van der Waals surface area contributed by atoms with Crippen LogP contribution in [0.3, 0.4) is 0 Å². The van der Waals surface area contributed by atoms with Gasteiger partial charge in [-0.2, -0.15) is 0 Å². The molecule has 0 radical (unpaired) electrons. The van der Waals surface area contributed by atoms with Gasteiger partial charge in [0.05, 0.1) is 19.6 Å². The van der Waals surface area contributed by atoms with Crippen LogP contribution in [0.1, 0.15) is 54.2 Å². The molecule has 0 aliphatic heterocycles. The molecule has 2 N–H and O–H groups in total. The average molecular weight is 568 g/mol. The van der Waals surface area contributed by atoms with Crippen molar-refractivity contribution in [3.8, 4) is 11.5 Å². The lowest BCUT2D eigenvalue weighted by Gasteiger charge is -2.31. The molecule has 6 nitrogen and oxygen atoms in total. The molecule has 0 aliphatic rings. The second-order valence-electron chi connectivity index (χ2n) is 10.8. The number of esters is 1. The van der Waals surface area contributed by atoms with Gasteiger partial charge in [0, 0.05) is 18.2 Å². The summed E-state index contributed by atoms with van der Waals surface area (Å²) in [6.45, 7) is 5.47. The quantitative estimate of drug-likeness (QED) is 0.158. The summed E-state index contributed by atoms with van der Waals surface area (Å²) in [6.07, 6.45) is 1.07. The minimum absolute atomic E-state index is 0.247. The van der Waals surface area contributed by atoms with Gasteiger partial charge < -0.3 is 24.6 Å². The maximum atomic E-state index is 11.7. The zero-order chi connectivity index (χ0) is 29.8. The van der Waals surface area contributed by atoms with Crippen molar-refractivity contribution in [2.24, 2.45) is 0 Å². The molecule has 2 atom stereocenters. The van der Waals surface area contributed by atoms with Crippen LogP contribution < -0.4 is 14.8 Å². The highest BCUT2D eigenvalue weighted by Gasteiger charge is 2.24. The number of β-amino-alcohol motifs (C(OH)–C–C–N with tert-alkyl or cyclic N) is 1. The fourth-order valence-electron chi connectivity index (χ4n) is 4.75. The lowest BCUT2D eigenvalue weighted by molar-refractivity contribution is -0.139. The molecule has 0 spiro atoms.